The molecule has 0 amide bonds. The molecular formula is C24H28NOP. The van der Waals surface area contributed by atoms with Crippen LogP contribution in [-0.2, 0) is 4.57 Å². The van der Waals surface area contributed by atoms with E-state index in [9.17, 15) is 0 Å². The smallest absolute Gasteiger partial charge is 0.189 e. The van der Waals surface area contributed by atoms with Gasteiger partial charge in [-0.05, 0) is 33.3 Å². The lowest BCUT2D eigenvalue weighted by Crippen LogP contribution is -2.41. The van der Waals surface area contributed by atoms with Gasteiger partial charge in [0.1, 0.15) is 0 Å². The number of benzene rings is 2. The van der Waals surface area contributed by atoms with Crippen LogP contribution in [0.25, 0.3) is 0 Å². The Morgan fingerprint density at radius 2 is 1.52 bits per heavy atom. The first-order valence-corrected chi connectivity index (χ1v) is 11.3. The van der Waals surface area contributed by atoms with Crippen molar-refractivity contribution in [3.63, 3.8) is 0 Å². The molecule has 27 heavy (non-hydrogen) atoms. The van der Waals surface area contributed by atoms with Gasteiger partial charge >= 0.3 is 0 Å². The molecule has 1 heterocycles. The second-order valence-electron chi connectivity index (χ2n) is 8.78. The minimum absolute atomic E-state index is 0.0726. The largest absolute Gasteiger partial charge is 0.300 e. The SMILES string of the molecule is CC(C)(C)N1[C@H](c2ccccc2)[C@H]2C=CC=C[C@@]2(C)[P@]1(=O)c1ccccc1. The number of rotatable bonds is 2. The van der Waals surface area contributed by atoms with Gasteiger partial charge in [-0.3, -0.25) is 0 Å². The molecule has 4 atom stereocenters. The third-order valence-electron chi connectivity index (χ3n) is 6.03. The van der Waals surface area contributed by atoms with E-state index in [1.165, 1.54) is 5.56 Å². The molecule has 1 aliphatic carbocycles. The predicted octanol–water partition coefficient (Wildman–Crippen LogP) is 5.95. The molecule has 0 spiro atoms. The summed E-state index contributed by atoms with van der Waals surface area (Å²) < 4.78 is 17.4. The van der Waals surface area contributed by atoms with Crippen molar-refractivity contribution in [2.75, 3.05) is 0 Å². The fourth-order valence-electron chi connectivity index (χ4n) is 4.90. The van der Waals surface area contributed by atoms with Crippen LogP contribution < -0.4 is 5.30 Å². The first-order chi connectivity index (χ1) is 12.8. The molecule has 0 aromatic heterocycles. The first-order valence-electron chi connectivity index (χ1n) is 9.67. The van der Waals surface area contributed by atoms with Crippen LogP contribution in [0.5, 0.6) is 0 Å². The number of nitrogens with zero attached hydrogens (tertiary/aromatic N) is 1. The Balaban J connectivity index is 2.04. The predicted molar refractivity (Wildman–Crippen MR) is 115 cm³/mol. The first kappa shape index (κ1) is 18.5. The van der Waals surface area contributed by atoms with Crippen LogP contribution in [0.15, 0.2) is 85.0 Å². The molecule has 1 aliphatic heterocycles. The zero-order valence-electron chi connectivity index (χ0n) is 16.5. The minimum Gasteiger partial charge on any atom is -0.300 e. The molecule has 2 aliphatic rings. The summed E-state index contributed by atoms with van der Waals surface area (Å²) in [6, 6.07) is 20.7. The van der Waals surface area contributed by atoms with Crippen molar-refractivity contribution in [2.45, 2.75) is 44.4 Å². The quantitative estimate of drug-likeness (QED) is 0.603. The monoisotopic (exact) mass is 377 g/mol. The molecule has 2 nitrogen and oxygen atoms in total. The van der Waals surface area contributed by atoms with E-state index in [1.807, 2.05) is 36.4 Å². The standard InChI is InChI=1S/C24H28NOP/c1-23(2,3)25-22(19-13-7-5-8-14-19)21-17-11-12-18-24(21,4)27(25,26)20-15-9-6-10-16-20/h5-18,21-22H,1-4H3/t21-,22-,24-,27-/m1/s1. The van der Waals surface area contributed by atoms with Crippen LogP contribution in [0.2, 0.25) is 0 Å². The third-order valence-corrected chi connectivity index (χ3v) is 10.2. The van der Waals surface area contributed by atoms with Crippen molar-refractivity contribution < 1.29 is 4.57 Å². The molecule has 1 fully saturated rings. The molecule has 0 bridgehead atoms. The molecule has 0 unspecified atom stereocenters. The van der Waals surface area contributed by atoms with Crippen molar-refractivity contribution in [1.82, 2.24) is 4.67 Å². The van der Waals surface area contributed by atoms with Crippen molar-refractivity contribution in [2.24, 2.45) is 5.92 Å². The van der Waals surface area contributed by atoms with Crippen LogP contribution in [0.3, 0.4) is 0 Å². The van der Waals surface area contributed by atoms with E-state index < -0.39 is 12.4 Å². The molecule has 140 valence electrons. The number of allylic oxidation sites excluding steroid dienone is 3. The molecule has 3 heteroatoms. The van der Waals surface area contributed by atoms with Crippen LogP contribution in [0, 0.1) is 5.92 Å². The van der Waals surface area contributed by atoms with Crippen molar-refractivity contribution in [3.8, 4) is 0 Å². The van der Waals surface area contributed by atoms with E-state index in [-0.39, 0.29) is 17.5 Å². The Morgan fingerprint density at radius 3 is 2.11 bits per heavy atom. The van der Waals surface area contributed by atoms with Gasteiger partial charge in [0.15, 0.2) is 7.29 Å². The molecule has 0 saturated carbocycles. The normalized spacial score (nSPS) is 33.2. The van der Waals surface area contributed by atoms with E-state index in [4.69, 9.17) is 0 Å². The number of hydrogen-bond acceptors (Lipinski definition) is 1. The van der Waals surface area contributed by atoms with Crippen molar-refractivity contribution >= 4 is 12.6 Å². The van der Waals surface area contributed by atoms with Crippen molar-refractivity contribution in [1.29, 1.82) is 0 Å². The summed E-state index contributed by atoms with van der Waals surface area (Å²) in [5.74, 6) is 0.162. The average molecular weight is 377 g/mol. The Bertz CT molecular complexity index is 926. The van der Waals surface area contributed by atoms with E-state index in [2.05, 4.69) is 80.9 Å². The maximum absolute atomic E-state index is 15.1. The Kier molecular flexibility index (Phi) is 4.33. The highest BCUT2D eigenvalue weighted by Crippen LogP contribution is 2.76. The van der Waals surface area contributed by atoms with Gasteiger partial charge < -0.3 is 4.57 Å². The molecule has 2 aromatic rings. The molecule has 4 rings (SSSR count). The van der Waals surface area contributed by atoms with Gasteiger partial charge in [0.05, 0.1) is 5.16 Å². The highest BCUT2D eigenvalue weighted by atomic mass is 31.2. The van der Waals surface area contributed by atoms with E-state index in [0.29, 0.717) is 0 Å². The Hall–Kier alpha value is -1.89. The summed E-state index contributed by atoms with van der Waals surface area (Å²) >= 11 is 0. The molecule has 0 radical (unpaired) electrons. The summed E-state index contributed by atoms with van der Waals surface area (Å²) in [6.45, 7) is 8.75. The summed E-state index contributed by atoms with van der Waals surface area (Å²) in [7, 11) is -2.92. The second-order valence-corrected chi connectivity index (χ2v) is 11.8. The lowest BCUT2D eigenvalue weighted by Gasteiger charge is -2.43. The maximum Gasteiger partial charge on any atom is 0.189 e. The fraction of sp³-hybridized carbons (Fsp3) is 0.333. The van der Waals surface area contributed by atoms with Crippen LogP contribution >= 0.6 is 7.29 Å². The van der Waals surface area contributed by atoms with Gasteiger partial charge in [-0.2, -0.15) is 0 Å². The average Bonchev–Trinajstić information content (AvgIpc) is 2.89. The van der Waals surface area contributed by atoms with Crippen LogP contribution in [0.4, 0.5) is 0 Å². The topological polar surface area (TPSA) is 20.3 Å². The molecule has 2 aromatic carbocycles. The van der Waals surface area contributed by atoms with Gasteiger partial charge in [0.25, 0.3) is 0 Å². The zero-order valence-corrected chi connectivity index (χ0v) is 17.4. The van der Waals surface area contributed by atoms with E-state index >= 15 is 4.57 Å². The minimum atomic E-state index is -2.92. The van der Waals surface area contributed by atoms with E-state index in [1.54, 1.807) is 0 Å². The van der Waals surface area contributed by atoms with Gasteiger partial charge in [-0.25, -0.2) is 4.67 Å². The zero-order chi connectivity index (χ0) is 19.3. The van der Waals surface area contributed by atoms with Crippen LogP contribution in [-0.4, -0.2) is 15.4 Å². The van der Waals surface area contributed by atoms with Gasteiger partial charge in [-0.15, -0.1) is 0 Å². The lowest BCUT2D eigenvalue weighted by molar-refractivity contribution is 0.184. The summed E-state index contributed by atoms with van der Waals surface area (Å²) in [5, 5.41) is 0.516. The Labute approximate surface area is 163 Å². The van der Waals surface area contributed by atoms with Gasteiger partial charge in [-0.1, -0.05) is 85.0 Å². The summed E-state index contributed by atoms with van der Waals surface area (Å²) in [5.41, 5.74) is 0.991. The van der Waals surface area contributed by atoms with Gasteiger partial charge in [0.2, 0.25) is 0 Å². The molecule has 0 N–H and O–H groups in total. The Morgan fingerprint density at radius 1 is 0.926 bits per heavy atom. The van der Waals surface area contributed by atoms with Crippen LogP contribution in [0.1, 0.15) is 39.3 Å². The summed E-state index contributed by atoms with van der Waals surface area (Å²) in [4.78, 5) is 0. The highest BCUT2D eigenvalue weighted by Gasteiger charge is 2.65. The lowest BCUT2D eigenvalue weighted by atomic mass is 9.80. The molecular weight excluding hydrogens is 349 g/mol. The number of fused-ring (bicyclic) bond motifs is 1. The highest BCUT2D eigenvalue weighted by molar-refractivity contribution is 7.71. The second kappa shape index (κ2) is 6.33. The van der Waals surface area contributed by atoms with Gasteiger partial charge in [0, 0.05) is 22.8 Å². The number of hydrogen-bond donors (Lipinski definition) is 0. The fourth-order valence-corrected chi connectivity index (χ4v) is 9.14. The summed E-state index contributed by atoms with van der Waals surface area (Å²) in [6.07, 6.45) is 8.64. The maximum atomic E-state index is 15.1. The van der Waals surface area contributed by atoms with E-state index in [0.717, 1.165) is 5.30 Å². The molecule has 1 saturated heterocycles. The third kappa shape index (κ3) is 2.62. The van der Waals surface area contributed by atoms with Crippen molar-refractivity contribution in [3.05, 3.63) is 90.5 Å².